The van der Waals surface area contributed by atoms with E-state index in [0.717, 1.165) is 42.7 Å². The van der Waals surface area contributed by atoms with Crippen molar-refractivity contribution in [2.24, 2.45) is 5.92 Å². The summed E-state index contributed by atoms with van der Waals surface area (Å²) in [5.41, 5.74) is 0. The first kappa shape index (κ1) is 14.3. The minimum absolute atomic E-state index is 0.732. The van der Waals surface area contributed by atoms with Crippen LogP contribution in [0.15, 0.2) is 0 Å². The Bertz CT molecular complexity index is 169. The highest BCUT2D eigenvalue weighted by Crippen LogP contribution is 2.25. The zero-order valence-corrected chi connectivity index (χ0v) is 11.8. The van der Waals surface area contributed by atoms with Crippen LogP contribution in [-0.2, 0) is 4.74 Å². The van der Waals surface area contributed by atoms with E-state index < -0.39 is 0 Å². The van der Waals surface area contributed by atoms with Crippen molar-refractivity contribution in [1.82, 2.24) is 5.32 Å². The number of rotatable bonds is 7. The molecule has 1 atom stereocenters. The molecule has 0 radical (unpaired) electrons. The van der Waals surface area contributed by atoms with Crippen LogP contribution in [0.3, 0.4) is 0 Å². The molecule has 1 N–H and O–H groups in total. The fraction of sp³-hybridized carbons (Fsp3) is 1.00. The molecule has 1 fully saturated rings. The van der Waals surface area contributed by atoms with E-state index >= 15 is 0 Å². The first-order chi connectivity index (χ1) is 7.68. The molecule has 0 aromatic heterocycles. The molecule has 1 unspecified atom stereocenters. The van der Waals surface area contributed by atoms with E-state index in [0.29, 0.717) is 0 Å². The minimum Gasteiger partial charge on any atom is -0.381 e. The first-order valence-corrected chi connectivity index (χ1v) is 7.56. The van der Waals surface area contributed by atoms with Crippen LogP contribution in [0.25, 0.3) is 0 Å². The van der Waals surface area contributed by atoms with Crippen LogP contribution in [0.2, 0.25) is 0 Å². The molecule has 0 aromatic carbocycles. The van der Waals surface area contributed by atoms with Gasteiger partial charge >= 0.3 is 0 Å². The number of nitrogens with one attached hydrogen (secondary N) is 1. The van der Waals surface area contributed by atoms with Gasteiger partial charge in [0.2, 0.25) is 0 Å². The van der Waals surface area contributed by atoms with Crippen molar-refractivity contribution < 1.29 is 4.74 Å². The van der Waals surface area contributed by atoms with Crippen LogP contribution in [-0.4, -0.2) is 36.8 Å². The SMILES string of the molecule is CC(C)CCNCC(C)SC1CCOCC1. The van der Waals surface area contributed by atoms with Crippen LogP contribution < -0.4 is 5.32 Å². The topological polar surface area (TPSA) is 21.3 Å². The highest BCUT2D eigenvalue weighted by molar-refractivity contribution is 8.00. The molecule has 0 spiro atoms. The number of thioether (sulfide) groups is 1. The van der Waals surface area contributed by atoms with Crippen molar-refractivity contribution in [3.05, 3.63) is 0 Å². The fourth-order valence-corrected chi connectivity index (χ4v) is 3.22. The van der Waals surface area contributed by atoms with Crippen molar-refractivity contribution in [2.45, 2.75) is 50.5 Å². The van der Waals surface area contributed by atoms with E-state index in [9.17, 15) is 0 Å². The standard InChI is InChI=1S/C13H27NOS/c1-11(2)4-7-14-10-12(3)16-13-5-8-15-9-6-13/h11-14H,4-10H2,1-3H3. The molecule has 1 aliphatic heterocycles. The Morgan fingerprint density at radius 1 is 1.25 bits per heavy atom. The number of ether oxygens (including phenoxy) is 1. The van der Waals surface area contributed by atoms with Gasteiger partial charge in [0, 0.05) is 30.3 Å². The molecule has 0 amide bonds. The molecule has 0 saturated carbocycles. The van der Waals surface area contributed by atoms with Gasteiger partial charge in [0.25, 0.3) is 0 Å². The van der Waals surface area contributed by atoms with Gasteiger partial charge in [-0.3, -0.25) is 0 Å². The third-order valence-corrected chi connectivity index (χ3v) is 4.41. The van der Waals surface area contributed by atoms with Gasteiger partial charge in [-0.1, -0.05) is 20.8 Å². The lowest BCUT2D eigenvalue weighted by Gasteiger charge is -2.24. The number of hydrogen-bond donors (Lipinski definition) is 1. The molecule has 1 heterocycles. The van der Waals surface area contributed by atoms with Gasteiger partial charge in [-0.2, -0.15) is 11.8 Å². The molecule has 1 rings (SSSR count). The summed E-state index contributed by atoms with van der Waals surface area (Å²) < 4.78 is 5.38. The minimum atomic E-state index is 0.732. The van der Waals surface area contributed by atoms with Crippen LogP contribution in [0.1, 0.15) is 40.0 Å². The maximum absolute atomic E-state index is 5.38. The van der Waals surface area contributed by atoms with Crippen molar-refractivity contribution in [3.63, 3.8) is 0 Å². The Balaban J connectivity index is 1.99. The van der Waals surface area contributed by atoms with E-state index in [2.05, 4.69) is 37.8 Å². The Kier molecular flexibility index (Phi) is 7.50. The fourth-order valence-electron chi connectivity index (χ4n) is 1.88. The second-order valence-corrected chi connectivity index (χ2v) is 6.89. The average Bonchev–Trinajstić information content (AvgIpc) is 2.25. The summed E-state index contributed by atoms with van der Waals surface area (Å²) in [4.78, 5) is 0. The van der Waals surface area contributed by atoms with Crippen molar-refractivity contribution in [1.29, 1.82) is 0 Å². The Morgan fingerprint density at radius 2 is 1.94 bits per heavy atom. The van der Waals surface area contributed by atoms with Gasteiger partial charge in [0.15, 0.2) is 0 Å². The second-order valence-electron chi connectivity index (χ2n) is 5.15. The molecular formula is C13H27NOS. The molecular weight excluding hydrogens is 218 g/mol. The summed E-state index contributed by atoms with van der Waals surface area (Å²) in [6.07, 6.45) is 3.76. The third-order valence-electron chi connectivity index (χ3n) is 2.92. The maximum atomic E-state index is 5.38. The highest BCUT2D eigenvalue weighted by atomic mass is 32.2. The van der Waals surface area contributed by atoms with Crippen molar-refractivity contribution in [2.75, 3.05) is 26.3 Å². The summed E-state index contributed by atoms with van der Waals surface area (Å²) in [5.74, 6) is 0.811. The third kappa shape index (κ3) is 6.77. The van der Waals surface area contributed by atoms with Crippen LogP contribution in [0.4, 0.5) is 0 Å². The molecule has 2 nitrogen and oxygen atoms in total. The van der Waals surface area contributed by atoms with Gasteiger partial charge in [0.05, 0.1) is 0 Å². The van der Waals surface area contributed by atoms with Gasteiger partial charge < -0.3 is 10.1 Å². The van der Waals surface area contributed by atoms with Crippen LogP contribution >= 0.6 is 11.8 Å². The van der Waals surface area contributed by atoms with E-state index in [4.69, 9.17) is 4.74 Å². The molecule has 0 aliphatic carbocycles. The second kappa shape index (κ2) is 8.37. The van der Waals surface area contributed by atoms with Crippen LogP contribution in [0, 0.1) is 5.92 Å². The predicted octanol–water partition coefficient (Wildman–Crippen LogP) is 2.92. The van der Waals surface area contributed by atoms with E-state index in [-0.39, 0.29) is 0 Å². The lowest BCUT2D eigenvalue weighted by molar-refractivity contribution is 0.0999. The Labute approximate surface area is 105 Å². The van der Waals surface area contributed by atoms with Crippen molar-refractivity contribution in [3.8, 4) is 0 Å². The zero-order valence-electron chi connectivity index (χ0n) is 11.0. The Hall–Kier alpha value is 0.270. The molecule has 1 saturated heterocycles. The van der Waals surface area contributed by atoms with Crippen molar-refractivity contribution >= 4 is 11.8 Å². The largest absolute Gasteiger partial charge is 0.381 e. The summed E-state index contributed by atoms with van der Waals surface area (Å²) in [5, 5.41) is 5.12. The molecule has 16 heavy (non-hydrogen) atoms. The van der Waals surface area contributed by atoms with Gasteiger partial charge in [-0.15, -0.1) is 0 Å². The lowest BCUT2D eigenvalue weighted by Crippen LogP contribution is -2.27. The van der Waals surface area contributed by atoms with Gasteiger partial charge in [0.1, 0.15) is 0 Å². The maximum Gasteiger partial charge on any atom is 0.0476 e. The molecule has 96 valence electrons. The number of hydrogen-bond acceptors (Lipinski definition) is 3. The molecule has 0 bridgehead atoms. The normalized spacial score (nSPS) is 20.2. The Morgan fingerprint density at radius 3 is 2.56 bits per heavy atom. The first-order valence-electron chi connectivity index (χ1n) is 6.62. The zero-order chi connectivity index (χ0) is 11.8. The van der Waals surface area contributed by atoms with E-state index in [1.807, 2.05) is 0 Å². The highest BCUT2D eigenvalue weighted by Gasteiger charge is 2.16. The summed E-state index contributed by atoms with van der Waals surface area (Å²) in [6, 6.07) is 0. The predicted molar refractivity (Wildman–Crippen MR) is 73.2 cm³/mol. The van der Waals surface area contributed by atoms with E-state index in [1.54, 1.807) is 0 Å². The molecule has 3 heteroatoms. The van der Waals surface area contributed by atoms with E-state index in [1.165, 1.54) is 19.3 Å². The monoisotopic (exact) mass is 245 g/mol. The average molecular weight is 245 g/mol. The lowest BCUT2D eigenvalue weighted by atomic mass is 10.1. The molecule has 0 aromatic rings. The van der Waals surface area contributed by atoms with Gasteiger partial charge in [-0.05, 0) is 31.7 Å². The van der Waals surface area contributed by atoms with Crippen LogP contribution in [0.5, 0.6) is 0 Å². The summed E-state index contributed by atoms with van der Waals surface area (Å²) in [7, 11) is 0. The summed E-state index contributed by atoms with van der Waals surface area (Å²) >= 11 is 2.14. The quantitative estimate of drug-likeness (QED) is 0.697. The molecule has 1 aliphatic rings. The summed E-state index contributed by atoms with van der Waals surface area (Å²) in [6.45, 7) is 11.1. The smallest absolute Gasteiger partial charge is 0.0476 e. The van der Waals surface area contributed by atoms with Gasteiger partial charge in [-0.25, -0.2) is 0 Å².